The van der Waals surface area contributed by atoms with Crippen molar-refractivity contribution in [2.45, 2.75) is 45.6 Å². The topological polar surface area (TPSA) is 61.0 Å². The van der Waals surface area contributed by atoms with Gasteiger partial charge in [-0.05, 0) is 39.7 Å². The van der Waals surface area contributed by atoms with Crippen LogP contribution in [0, 0.1) is 19.8 Å². The van der Waals surface area contributed by atoms with E-state index in [0.717, 1.165) is 17.8 Å². The van der Waals surface area contributed by atoms with Gasteiger partial charge in [0, 0.05) is 5.92 Å². The molecule has 2 N–H and O–H groups in total. The summed E-state index contributed by atoms with van der Waals surface area (Å²) in [5.41, 5.74) is 7.67. The van der Waals surface area contributed by atoms with E-state index in [-0.39, 0.29) is 6.10 Å². The number of aromatic nitrogens is 2. The van der Waals surface area contributed by atoms with Gasteiger partial charge < -0.3 is 10.5 Å². The van der Waals surface area contributed by atoms with E-state index in [0.29, 0.717) is 18.3 Å². The van der Waals surface area contributed by atoms with Gasteiger partial charge in [0.05, 0.1) is 17.6 Å². The van der Waals surface area contributed by atoms with E-state index >= 15 is 0 Å². The van der Waals surface area contributed by atoms with Gasteiger partial charge in [-0.15, -0.1) is 0 Å². The van der Waals surface area contributed by atoms with E-state index in [1.165, 1.54) is 19.3 Å². The highest BCUT2D eigenvalue weighted by Crippen LogP contribution is 2.27. The summed E-state index contributed by atoms with van der Waals surface area (Å²) in [6.07, 6.45) is 6.66. The molecule has 1 aliphatic rings. The summed E-state index contributed by atoms with van der Waals surface area (Å²) >= 11 is 0. The molecule has 2 atom stereocenters. The third-order valence-corrected chi connectivity index (χ3v) is 3.58. The van der Waals surface area contributed by atoms with Crippen LogP contribution < -0.4 is 10.5 Å². The number of hydrogen-bond acceptors (Lipinski definition) is 4. The van der Waals surface area contributed by atoms with Crippen molar-refractivity contribution in [1.82, 2.24) is 9.97 Å². The zero-order valence-corrected chi connectivity index (χ0v) is 10.6. The molecule has 1 aromatic rings. The molecular formula is C13H21N3O. The highest BCUT2D eigenvalue weighted by Gasteiger charge is 2.26. The maximum Gasteiger partial charge on any atom is 0.232 e. The molecule has 1 fully saturated rings. The molecule has 1 saturated carbocycles. The van der Waals surface area contributed by atoms with Crippen molar-refractivity contribution in [2.75, 3.05) is 6.54 Å². The molecule has 0 aromatic carbocycles. The first-order chi connectivity index (χ1) is 8.20. The van der Waals surface area contributed by atoms with Crippen LogP contribution in [0.15, 0.2) is 6.20 Å². The average molecular weight is 235 g/mol. The molecule has 1 aliphatic carbocycles. The highest BCUT2D eigenvalue weighted by atomic mass is 16.5. The number of hydrogen-bond donors (Lipinski definition) is 1. The molecule has 0 amide bonds. The van der Waals surface area contributed by atoms with Gasteiger partial charge in [-0.3, -0.25) is 4.98 Å². The van der Waals surface area contributed by atoms with Crippen LogP contribution >= 0.6 is 0 Å². The van der Waals surface area contributed by atoms with Gasteiger partial charge in [0.1, 0.15) is 6.10 Å². The Labute approximate surface area is 103 Å². The molecule has 1 heterocycles. The molecule has 17 heavy (non-hydrogen) atoms. The van der Waals surface area contributed by atoms with E-state index in [9.17, 15) is 0 Å². The SMILES string of the molecule is Cc1ncc(OC2CCCCC2CN)nc1C. The molecule has 94 valence electrons. The average Bonchev–Trinajstić information content (AvgIpc) is 2.34. The molecule has 0 bridgehead atoms. The highest BCUT2D eigenvalue weighted by molar-refractivity contribution is 5.14. The molecule has 0 aliphatic heterocycles. The van der Waals surface area contributed by atoms with Gasteiger partial charge in [0.25, 0.3) is 0 Å². The van der Waals surface area contributed by atoms with Crippen LogP contribution in [-0.4, -0.2) is 22.6 Å². The van der Waals surface area contributed by atoms with Crippen LogP contribution in [0.2, 0.25) is 0 Å². The summed E-state index contributed by atoms with van der Waals surface area (Å²) in [5, 5.41) is 0. The first-order valence-corrected chi connectivity index (χ1v) is 6.37. The summed E-state index contributed by atoms with van der Waals surface area (Å²) in [6, 6.07) is 0. The molecule has 0 radical (unpaired) electrons. The Kier molecular flexibility index (Phi) is 3.94. The standard InChI is InChI=1S/C13H21N3O/c1-9-10(2)16-13(8-15-9)17-12-6-4-3-5-11(12)7-14/h8,11-12H,3-7,14H2,1-2H3. The first-order valence-electron chi connectivity index (χ1n) is 6.37. The van der Waals surface area contributed by atoms with Crippen LogP contribution in [0.1, 0.15) is 37.1 Å². The number of nitrogens with two attached hydrogens (primary N) is 1. The summed E-state index contributed by atoms with van der Waals surface area (Å²) in [7, 11) is 0. The van der Waals surface area contributed by atoms with E-state index in [1.807, 2.05) is 13.8 Å². The second-order valence-electron chi connectivity index (χ2n) is 4.82. The molecular weight excluding hydrogens is 214 g/mol. The van der Waals surface area contributed by atoms with Gasteiger partial charge in [-0.1, -0.05) is 6.42 Å². The fraction of sp³-hybridized carbons (Fsp3) is 0.692. The lowest BCUT2D eigenvalue weighted by Crippen LogP contribution is -2.35. The maximum atomic E-state index is 5.94. The fourth-order valence-electron chi connectivity index (χ4n) is 2.33. The Hall–Kier alpha value is -1.16. The summed E-state index contributed by atoms with van der Waals surface area (Å²) in [4.78, 5) is 8.69. The van der Waals surface area contributed by atoms with Crippen molar-refractivity contribution in [3.05, 3.63) is 17.6 Å². The van der Waals surface area contributed by atoms with Gasteiger partial charge in [0.15, 0.2) is 0 Å². The first kappa shape index (κ1) is 12.3. The Morgan fingerprint density at radius 2 is 2.06 bits per heavy atom. The second kappa shape index (κ2) is 5.45. The predicted octanol–water partition coefficient (Wildman–Crippen LogP) is 1.99. The van der Waals surface area contributed by atoms with Crippen LogP contribution in [-0.2, 0) is 0 Å². The lowest BCUT2D eigenvalue weighted by Gasteiger charge is -2.30. The van der Waals surface area contributed by atoms with Crippen LogP contribution in [0.4, 0.5) is 0 Å². The van der Waals surface area contributed by atoms with Crippen LogP contribution in [0.5, 0.6) is 5.88 Å². The third kappa shape index (κ3) is 2.94. The lowest BCUT2D eigenvalue weighted by atomic mass is 9.86. The van der Waals surface area contributed by atoms with Crippen LogP contribution in [0.25, 0.3) is 0 Å². The summed E-state index contributed by atoms with van der Waals surface area (Å²) in [6.45, 7) is 4.61. The van der Waals surface area contributed by atoms with Crippen molar-refractivity contribution < 1.29 is 4.74 Å². The molecule has 4 heteroatoms. The second-order valence-corrected chi connectivity index (χ2v) is 4.82. The number of nitrogens with zero attached hydrogens (tertiary/aromatic N) is 2. The van der Waals surface area contributed by atoms with Crippen molar-refractivity contribution in [3.63, 3.8) is 0 Å². The number of ether oxygens (including phenoxy) is 1. The van der Waals surface area contributed by atoms with E-state index in [4.69, 9.17) is 10.5 Å². The number of rotatable bonds is 3. The van der Waals surface area contributed by atoms with Gasteiger partial charge in [-0.25, -0.2) is 4.98 Å². The zero-order chi connectivity index (χ0) is 12.3. The van der Waals surface area contributed by atoms with E-state index < -0.39 is 0 Å². The zero-order valence-electron chi connectivity index (χ0n) is 10.6. The van der Waals surface area contributed by atoms with Crippen molar-refractivity contribution in [1.29, 1.82) is 0 Å². The maximum absolute atomic E-state index is 5.94. The third-order valence-electron chi connectivity index (χ3n) is 3.58. The largest absolute Gasteiger partial charge is 0.473 e. The molecule has 0 spiro atoms. The molecule has 2 rings (SSSR count). The Morgan fingerprint density at radius 1 is 1.29 bits per heavy atom. The quantitative estimate of drug-likeness (QED) is 0.870. The normalized spacial score (nSPS) is 24.6. The minimum atomic E-state index is 0.213. The minimum absolute atomic E-state index is 0.213. The lowest BCUT2D eigenvalue weighted by molar-refractivity contribution is 0.0916. The predicted molar refractivity (Wildman–Crippen MR) is 66.9 cm³/mol. The van der Waals surface area contributed by atoms with Crippen molar-refractivity contribution in [3.8, 4) is 5.88 Å². The van der Waals surface area contributed by atoms with Crippen molar-refractivity contribution in [2.24, 2.45) is 11.7 Å². The molecule has 1 aromatic heterocycles. The molecule has 4 nitrogen and oxygen atoms in total. The molecule has 2 unspecified atom stereocenters. The van der Waals surface area contributed by atoms with E-state index in [2.05, 4.69) is 9.97 Å². The van der Waals surface area contributed by atoms with Crippen LogP contribution in [0.3, 0.4) is 0 Å². The van der Waals surface area contributed by atoms with Crippen molar-refractivity contribution >= 4 is 0 Å². The summed E-state index contributed by atoms with van der Waals surface area (Å²) in [5.74, 6) is 1.10. The Morgan fingerprint density at radius 3 is 2.76 bits per heavy atom. The van der Waals surface area contributed by atoms with Gasteiger partial charge in [0.2, 0.25) is 5.88 Å². The van der Waals surface area contributed by atoms with E-state index in [1.54, 1.807) is 6.20 Å². The Balaban J connectivity index is 2.05. The molecule has 0 saturated heterocycles. The summed E-state index contributed by atoms with van der Waals surface area (Å²) < 4.78 is 5.94. The Bertz CT molecular complexity index is 381. The van der Waals surface area contributed by atoms with Gasteiger partial charge >= 0.3 is 0 Å². The monoisotopic (exact) mass is 235 g/mol. The fourth-order valence-corrected chi connectivity index (χ4v) is 2.33. The number of aryl methyl sites for hydroxylation is 2. The minimum Gasteiger partial charge on any atom is -0.473 e. The smallest absolute Gasteiger partial charge is 0.232 e. The van der Waals surface area contributed by atoms with Gasteiger partial charge in [-0.2, -0.15) is 0 Å².